The number of carbonyl (C=O) groups excluding carboxylic acids is 1. The van der Waals surface area contributed by atoms with Crippen LogP contribution in [-0.4, -0.2) is 35.3 Å². The van der Waals surface area contributed by atoms with Gasteiger partial charge in [-0.1, -0.05) is 6.92 Å². The molecule has 0 saturated heterocycles. The van der Waals surface area contributed by atoms with E-state index < -0.39 is 5.97 Å². The van der Waals surface area contributed by atoms with Gasteiger partial charge in [-0.05, 0) is 13.3 Å². The second-order valence-corrected chi connectivity index (χ2v) is 3.21. The Balaban J connectivity index is 2.40. The van der Waals surface area contributed by atoms with Gasteiger partial charge in [-0.2, -0.15) is 0 Å². The lowest BCUT2D eigenvalue weighted by molar-refractivity contribution is -0.00534. The van der Waals surface area contributed by atoms with E-state index in [4.69, 9.17) is 9.47 Å². The monoisotopic (exact) mass is 224 g/mol. The summed E-state index contributed by atoms with van der Waals surface area (Å²) < 4.78 is 10.5. The van der Waals surface area contributed by atoms with Gasteiger partial charge in [0.2, 0.25) is 0 Å². The molecule has 5 heteroatoms. The number of nitrogens with zero attached hydrogens (tertiary/aromatic N) is 2. The molecule has 0 fully saturated rings. The summed E-state index contributed by atoms with van der Waals surface area (Å²) in [6, 6.07) is 0. The van der Waals surface area contributed by atoms with Crippen LogP contribution in [-0.2, 0) is 9.47 Å². The highest BCUT2D eigenvalue weighted by molar-refractivity contribution is 5.88. The van der Waals surface area contributed by atoms with Crippen LogP contribution in [0, 0.1) is 0 Å². The molecule has 0 spiro atoms. The Labute approximate surface area is 94.8 Å². The molecule has 1 aromatic heterocycles. The third-order valence-corrected chi connectivity index (χ3v) is 2.05. The van der Waals surface area contributed by atoms with E-state index in [1.807, 2.05) is 13.8 Å². The van der Waals surface area contributed by atoms with E-state index in [9.17, 15) is 4.79 Å². The zero-order valence-corrected chi connectivity index (χ0v) is 9.55. The first-order valence-corrected chi connectivity index (χ1v) is 5.31. The summed E-state index contributed by atoms with van der Waals surface area (Å²) in [7, 11) is 0. The Morgan fingerprint density at radius 1 is 1.38 bits per heavy atom. The van der Waals surface area contributed by atoms with Crippen molar-refractivity contribution in [2.24, 2.45) is 0 Å². The average Bonchev–Trinajstić information content (AvgIpc) is 2.35. The molecule has 1 rings (SSSR count). The Morgan fingerprint density at radius 2 is 2.06 bits per heavy atom. The smallest absolute Gasteiger partial charge is 0.341 e. The van der Waals surface area contributed by atoms with Crippen molar-refractivity contribution < 1.29 is 14.3 Å². The molecule has 1 aromatic rings. The summed E-state index contributed by atoms with van der Waals surface area (Å²) in [5, 5.41) is 0. The predicted octanol–water partition coefficient (Wildman–Crippen LogP) is 1.45. The molecular weight excluding hydrogens is 208 g/mol. The standard InChI is InChI=1S/C11H16N2O3/c1-3-10(15-4-2)7-16-11(14)9-5-12-8-13-6-9/h5-6,8,10H,3-4,7H2,1-2H3. The van der Waals surface area contributed by atoms with Crippen LogP contribution >= 0.6 is 0 Å². The molecule has 5 nitrogen and oxygen atoms in total. The summed E-state index contributed by atoms with van der Waals surface area (Å²) in [6.07, 6.45) is 4.99. The van der Waals surface area contributed by atoms with Gasteiger partial charge in [0, 0.05) is 19.0 Å². The van der Waals surface area contributed by atoms with Gasteiger partial charge in [-0.3, -0.25) is 0 Å². The van der Waals surface area contributed by atoms with Gasteiger partial charge >= 0.3 is 5.97 Å². The van der Waals surface area contributed by atoms with E-state index in [2.05, 4.69) is 9.97 Å². The van der Waals surface area contributed by atoms with Crippen LogP contribution in [0.2, 0.25) is 0 Å². The van der Waals surface area contributed by atoms with Crippen molar-refractivity contribution in [1.29, 1.82) is 0 Å². The van der Waals surface area contributed by atoms with Gasteiger partial charge in [0.1, 0.15) is 12.9 Å². The van der Waals surface area contributed by atoms with Crippen LogP contribution in [0.25, 0.3) is 0 Å². The summed E-state index contributed by atoms with van der Waals surface area (Å²) in [5.74, 6) is -0.418. The maximum absolute atomic E-state index is 11.5. The highest BCUT2D eigenvalue weighted by Crippen LogP contribution is 2.02. The van der Waals surface area contributed by atoms with Crippen molar-refractivity contribution in [2.45, 2.75) is 26.4 Å². The van der Waals surface area contributed by atoms with Gasteiger partial charge in [-0.15, -0.1) is 0 Å². The normalized spacial score (nSPS) is 12.1. The molecule has 1 heterocycles. The Morgan fingerprint density at radius 3 is 2.62 bits per heavy atom. The van der Waals surface area contributed by atoms with Gasteiger partial charge in [0.15, 0.2) is 0 Å². The van der Waals surface area contributed by atoms with Gasteiger partial charge in [0.05, 0.1) is 11.7 Å². The molecule has 0 aliphatic heterocycles. The van der Waals surface area contributed by atoms with Crippen molar-refractivity contribution in [3.05, 3.63) is 24.3 Å². The van der Waals surface area contributed by atoms with Crippen molar-refractivity contribution in [1.82, 2.24) is 9.97 Å². The number of aromatic nitrogens is 2. The van der Waals surface area contributed by atoms with Gasteiger partial charge in [-0.25, -0.2) is 14.8 Å². The molecule has 1 unspecified atom stereocenters. The molecule has 0 bridgehead atoms. The van der Waals surface area contributed by atoms with E-state index in [0.29, 0.717) is 12.2 Å². The van der Waals surface area contributed by atoms with Crippen LogP contribution in [0.3, 0.4) is 0 Å². The van der Waals surface area contributed by atoms with Crippen LogP contribution in [0.4, 0.5) is 0 Å². The van der Waals surface area contributed by atoms with E-state index in [-0.39, 0.29) is 12.7 Å². The SMILES string of the molecule is CCOC(CC)COC(=O)c1cncnc1. The number of hydrogen-bond donors (Lipinski definition) is 0. The van der Waals surface area contributed by atoms with Gasteiger partial charge in [0.25, 0.3) is 0 Å². The zero-order chi connectivity index (χ0) is 11.8. The van der Waals surface area contributed by atoms with Crippen molar-refractivity contribution >= 4 is 5.97 Å². The first-order chi connectivity index (χ1) is 7.77. The third-order valence-electron chi connectivity index (χ3n) is 2.05. The van der Waals surface area contributed by atoms with E-state index in [0.717, 1.165) is 6.42 Å². The average molecular weight is 224 g/mol. The topological polar surface area (TPSA) is 61.3 Å². The molecule has 0 saturated carbocycles. The lowest BCUT2D eigenvalue weighted by Crippen LogP contribution is -2.21. The molecule has 1 atom stereocenters. The number of rotatable bonds is 6. The highest BCUT2D eigenvalue weighted by atomic mass is 16.6. The van der Waals surface area contributed by atoms with E-state index >= 15 is 0 Å². The Hall–Kier alpha value is -1.49. The summed E-state index contributed by atoms with van der Waals surface area (Å²) in [4.78, 5) is 19.0. The minimum absolute atomic E-state index is 0.0430. The summed E-state index contributed by atoms with van der Waals surface area (Å²) >= 11 is 0. The maximum atomic E-state index is 11.5. The first kappa shape index (κ1) is 12.6. The molecule has 0 radical (unpaired) electrons. The molecular formula is C11H16N2O3. The van der Waals surface area contributed by atoms with Crippen LogP contribution in [0.15, 0.2) is 18.7 Å². The number of hydrogen-bond acceptors (Lipinski definition) is 5. The molecule has 0 aliphatic rings. The first-order valence-electron chi connectivity index (χ1n) is 5.31. The second kappa shape index (κ2) is 6.90. The zero-order valence-electron chi connectivity index (χ0n) is 9.55. The quantitative estimate of drug-likeness (QED) is 0.684. The molecule has 0 aromatic carbocycles. The summed E-state index contributed by atoms with van der Waals surface area (Å²) in [5.41, 5.74) is 0.355. The Bertz CT molecular complexity index is 316. The van der Waals surface area contributed by atoms with E-state index in [1.54, 1.807) is 0 Å². The number of esters is 1. The number of ether oxygens (including phenoxy) is 2. The largest absolute Gasteiger partial charge is 0.459 e. The molecule has 0 N–H and O–H groups in total. The predicted molar refractivity (Wildman–Crippen MR) is 58.0 cm³/mol. The lowest BCUT2D eigenvalue weighted by atomic mass is 10.3. The van der Waals surface area contributed by atoms with Gasteiger partial charge < -0.3 is 9.47 Å². The van der Waals surface area contributed by atoms with Crippen molar-refractivity contribution in [3.8, 4) is 0 Å². The lowest BCUT2D eigenvalue weighted by Gasteiger charge is -2.14. The molecule has 16 heavy (non-hydrogen) atoms. The fraction of sp³-hybridized carbons (Fsp3) is 0.545. The minimum atomic E-state index is -0.418. The molecule has 88 valence electrons. The van der Waals surface area contributed by atoms with E-state index in [1.165, 1.54) is 18.7 Å². The minimum Gasteiger partial charge on any atom is -0.459 e. The second-order valence-electron chi connectivity index (χ2n) is 3.21. The summed E-state index contributed by atoms with van der Waals surface area (Å²) in [6.45, 7) is 4.78. The fourth-order valence-corrected chi connectivity index (χ4v) is 1.18. The number of carbonyl (C=O) groups is 1. The third kappa shape index (κ3) is 3.94. The van der Waals surface area contributed by atoms with Crippen LogP contribution < -0.4 is 0 Å². The molecule has 0 aliphatic carbocycles. The molecule has 0 amide bonds. The van der Waals surface area contributed by atoms with Crippen molar-refractivity contribution in [3.63, 3.8) is 0 Å². The highest BCUT2D eigenvalue weighted by Gasteiger charge is 2.11. The van der Waals surface area contributed by atoms with Crippen molar-refractivity contribution in [2.75, 3.05) is 13.2 Å². The van der Waals surface area contributed by atoms with Crippen LogP contribution in [0.1, 0.15) is 30.6 Å². The van der Waals surface area contributed by atoms with Crippen LogP contribution in [0.5, 0.6) is 0 Å². The Kier molecular flexibility index (Phi) is 5.42. The fourth-order valence-electron chi connectivity index (χ4n) is 1.18. The maximum Gasteiger partial charge on any atom is 0.341 e.